The Morgan fingerprint density at radius 3 is 2.89 bits per heavy atom. The number of aromatic amines is 1. The number of hydrogen-bond donors (Lipinski definition) is 2. The zero-order valence-corrected chi connectivity index (χ0v) is 10.5. The van der Waals surface area contributed by atoms with Crippen LogP contribution in [0, 0.1) is 0 Å². The molecule has 1 aromatic carbocycles. The van der Waals surface area contributed by atoms with Crippen molar-refractivity contribution < 1.29 is 8.42 Å². The summed E-state index contributed by atoms with van der Waals surface area (Å²) in [4.78, 5) is 7.61. The molecule has 1 aromatic heterocycles. The molecular formula is C11H14N4O2S. The maximum atomic E-state index is 11.5. The van der Waals surface area contributed by atoms with Crippen molar-refractivity contribution in [3.63, 3.8) is 0 Å². The van der Waals surface area contributed by atoms with Crippen molar-refractivity contribution in [2.75, 3.05) is 6.54 Å². The van der Waals surface area contributed by atoms with Crippen molar-refractivity contribution >= 4 is 21.2 Å². The van der Waals surface area contributed by atoms with E-state index < -0.39 is 10.2 Å². The number of H-pyrrole nitrogens is 1. The first kappa shape index (κ1) is 11.6. The van der Waals surface area contributed by atoms with Crippen LogP contribution in [0.4, 0.5) is 0 Å². The van der Waals surface area contributed by atoms with Gasteiger partial charge < -0.3 is 4.98 Å². The van der Waals surface area contributed by atoms with Gasteiger partial charge in [-0.2, -0.15) is 12.7 Å². The third-order valence-electron chi connectivity index (χ3n) is 3.25. The van der Waals surface area contributed by atoms with Gasteiger partial charge in [-0.15, -0.1) is 0 Å². The molecular weight excluding hydrogens is 252 g/mol. The van der Waals surface area contributed by atoms with E-state index in [1.54, 1.807) is 0 Å². The van der Waals surface area contributed by atoms with Crippen LogP contribution in [-0.2, 0) is 10.2 Å². The molecule has 3 N–H and O–H groups in total. The van der Waals surface area contributed by atoms with Crippen molar-refractivity contribution in [3.05, 3.63) is 30.1 Å². The number of para-hydroxylation sites is 2. The molecule has 1 atom stereocenters. The molecule has 0 saturated carbocycles. The lowest BCUT2D eigenvalue weighted by Crippen LogP contribution is -2.36. The van der Waals surface area contributed by atoms with E-state index >= 15 is 0 Å². The first-order valence-corrected chi connectivity index (χ1v) is 7.30. The largest absolute Gasteiger partial charge is 0.341 e. The molecule has 0 radical (unpaired) electrons. The Balaban J connectivity index is 2.03. The maximum Gasteiger partial charge on any atom is 0.277 e. The average molecular weight is 266 g/mol. The van der Waals surface area contributed by atoms with Crippen LogP contribution in [0.3, 0.4) is 0 Å². The summed E-state index contributed by atoms with van der Waals surface area (Å²) in [6.45, 7) is 0.459. The molecule has 0 amide bonds. The van der Waals surface area contributed by atoms with Crippen LogP contribution >= 0.6 is 0 Å². The fourth-order valence-corrected chi connectivity index (χ4v) is 3.39. The number of nitrogens with two attached hydrogens (primary N) is 1. The third kappa shape index (κ3) is 1.90. The quantitative estimate of drug-likeness (QED) is 0.846. The number of nitrogens with zero attached hydrogens (tertiary/aromatic N) is 2. The van der Waals surface area contributed by atoms with Gasteiger partial charge in [0.1, 0.15) is 5.82 Å². The highest BCUT2D eigenvalue weighted by atomic mass is 32.2. The van der Waals surface area contributed by atoms with Crippen LogP contribution < -0.4 is 5.14 Å². The molecule has 0 aliphatic carbocycles. The van der Waals surface area contributed by atoms with Gasteiger partial charge in [0.05, 0.1) is 17.1 Å². The lowest BCUT2D eigenvalue weighted by atomic mass is 10.2. The lowest BCUT2D eigenvalue weighted by Gasteiger charge is -2.19. The second-order valence-corrected chi connectivity index (χ2v) is 5.95. The smallest absolute Gasteiger partial charge is 0.277 e. The Hall–Kier alpha value is -1.44. The van der Waals surface area contributed by atoms with Crippen molar-refractivity contribution in [2.24, 2.45) is 5.14 Å². The molecule has 2 heterocycles. The van der Waals surface area contributed by atoms with Crippen molar-refractivity contribution in [2.45, 2.75) is 18.9 Å². The topological polar surface area (TPSA) is 92.1 Å². The fraction of sp³-hybridized carbons (Fsp3) is 0.364. The number of aromatic nitrogens is 2. The van der Waals surface area contributed by atoms with Crippen LogP contribution in [0.5, 0.6) is 0 Å². The van der Waals surface area contributed by atoms with E-state index in [0.717, 1.165) is 23.9 Å². The van der Waals surface area contributed by atoms with Gasteiger partial charge in [0, 0.05) is 6.54 Å². The minimum Gasteiger partial charge on any atom is -0.341 e. The fourth-order valence-electron chi connectivity index (χ4n) is 2.45. The third-order valence-corrected chi connectivity index (χ3v) is 4.34. The Morgan fingerprint density at radius 1 is 1.39 bits per heavy atom. The van der Waals surface area contributed by atoms with E-state index in [-0.39, 0.29) is 6.04 Å². The summed E-state index contributed by atoms with van der Waals surface area (Å²) in [6.07, 6.45) is 1.55. The van der Waals surface area contributed by atoms with Crippen LogP contribution in [0.1, 0.15) is 24.7 Å². The van der Waals surface area contributed by atoms with Crippen LogP contribution in [0.15, 0.2) is 24.3 Å². The molecule has 1 fully saturated rings. The van der Waals surface area contributed by atoms with Crippen molar-refractivity contribution in [1.29, 1.82) is 0 Å². The summed E-state index contributed by atoms with van der Waals surface area (Å²) in [5.74, 6) is 0.669. The van der Waals surface area contributed by atoms with Gasteiger partial charge in [-0.1, -0.05) is 12.1 Å². The Morgan fingerprint density at radius 2 is 2.17 bits per heavy atom. The summed E-state index contributed by atoms with van der Waals surface area (Å²) in [6, 6.07) is 7.36. The Kier molecular flexibility index (Phi) is 2.61. The molecule has 1 aliphatic rings. The number of fused-ring (bicyclic) bond motifs is 1. The van der Waals surface area contributed by atoms with E-state index in [1.165, 1.54) is 4.31 Å². The summed E-state index contributed by atoms with van der Waals surface area (Å²) in [7, 11) is -3.66. The van der Waals surface area contributed by atoms with Gasteiger partial charge >= 0.3 is 0 Å². The normalized spacial score (nSPS) is 21.7. The van der Waals surface area contributed by atoms with Crippen molar-refractivity contribution in [3.8, 4) is 0 Å². The monoisotopic (exact) mass is 266 g/mol. The molecule has 0 bridgehead atoms. The molecule has 3 rings (SSSR count). The Labute approximate surface area is 105 Å². The van der Waals surface area contributed by atoms with Crippen molar-refractivity contribution in [1.82, 2.24) is 14.3 Å². The predicted molar refractivity (Wildman–Crippen MR) is 67.9 cm³/mol. The van der Waals surface area contributed by atoms with Crippen LogP contribution in [-0.4, -0.2) is 29.2 Å². The van der Waals surface area contributed by atoms with Gasteiger partial charge in [0.15, 0.2) is 0 Å². The molecule has 18 heavy (non-hydrogen) atoms. The molecule has 0 unspecified atom stereocenters. The minimum atomic E-state index is -3.66. The van der Waals surface area contributed by atoms with Crippen LogP contribution in [0.25, 0.3) is 11.0 Å². The predicted octanol–water partition coefficient (Wildman–Crippen LogP) is 0.903. The van der Waals surface area contributed by atoms with E-state index in [2.05, 4.69) is 9.97 Å². The molecule has 2 aromatic rings. The summed E-state index contributed by atoms with van der Waals surface area (Å²) >= 11 is 0. The number of rotatable bonds is 2. The highest BCUT2D eigenvalue weighted by molar-refractivity contribution is 7.86. The summed E-state index contributed by atoms with van der Waals surface area (Å²) < 4.78 is 24.3. The van der Waals surface area contributed by atoms with Gasteiger partial charge in [-0.05, 0) is 25.0 Å². The molecule has 0 spiro atoms. The lowest BCUT2D eigenvalue weighted by molar-refractivity contribution is 0.386. The van der Waals surface area contributed by atoms with E-state index in [4.69, 9.17) is 5.14 Å². The molecule has 1 saturated heterocycles. The number of nitrogens with one attached hydrogen (secondary N) is 1. The van der Waals surface area contributed by atoms with E-state index in [1.807, 2.05) is 24.3 Å². The molecule has 1 aliphatic heterocycles. The van der Waals surface area contributed by atoms with Gasteiger partial charge in [0.25, 0.3) is 10.2 Å². The summed E-state index contributed by atoms with van der Waals surface area (Å²) in [5, 5.41) is 5.22. The van der Waals surface area contributed by atoms with Gasteiger partial charge in [0.2, 0.25) is 0 Å². The number of imidazole rings is 1. The maximum absolute atomic E-state index is 11.5. The molecule has 6 nitrogen and oxygen atoms in total. The van der Waals surface area contributed by atoms with Gasteiger partial charge in [-0.3, -0.25) is 0 Å². The highest BCUT2D eigenvalue weighted by Gasteiger charge is 2.34. The second kappa shape index (κ2) is 4.04. The zero-order valence-electron chi connectivity index (χ0n) is 9.70. The van der Waals surface area contributed by atoms with E-state index in [9.17, 15) is 8.42 Å². The van der Waals surface area contributed by atoms with E-state index in [0.29, 0.717) is 12.4 Å². The highest BCUT2D eigenvalue weighted by Crippen LogP contribution is 2.32. The standard InChI is InChI=1S/C11H14N4O2S/c12-18(16,17)15-7-3-6-10(15)11-13-8-4-1-2-5-9(8)14-11/h1-2,4-5,10H,3,6-7H2,(H,13,14)(H2,12,16,17)/t10-/m1/s1. The molecule has 96 valence electrons. The number of benzene rings is 1. The number of hydrogen-bond acceptors (Lipinski definition) is 3. The second-order valence-electron chi connectivity index (χ2n) is 4.45. The Bertz CT molecular complexity index is 646. The van der Waals surface area contributed by atoms with Crippen LogP contribution in [0.2, 0.25) is 0 Å². The SMILES string of the molecule is NS(=O)(=O)N1CCC[C@@H]1c1nc2ccccc2[nH]1. The molecule has 7 heteroatoms. The first-order valence-electron chi connectivity index (χ1n) is 5.80. The average Bonchev–Trinajstić information content (AvgIpc) is 2.94. The summed E-state index contributed by atoms with van der Waals surface area (Å²) in [5.41, 5.74) is 1.75. The minimum absolute atomic E-state index is 0.271. The first-order chi connectivity index (χ1) is 8.55. The zero-order chi connectivity index (χ0) is 12.8. The van der Waals surface area contributed by atoms with Gasteiger partial charge in [-0.25, -0.2) is 10.1 Å².